The van der Waals surface area contributed by atoms with Crippen molar-refractivity contribution in [1.82, 2.24) is 10.2 Å². The van der Waals surface area contributed by atoms with E-state index in [0.717, 1.165) is 38.8 Å². The zero-order chi connectivity index (χ0) is 15.0. The van der Waals surface area contributed by atoms with Gasteiger partial charge in [-0.15, -0.1) is 0 Å². The summed E-state index contributed by atoms with van der Waals surface area (Å²) in [5.74, 6) is 0.252. The van der Waals surface area contributed by atoms with Gasteiger partial charge in [0.2, 0.25) is 5.91 Å². The van der Waals surface area contributed by atoms with Crippen LogP contribution in [0.3, 0.4) is 0 Å². The van der Waals surface area contributed by atoms with E-state index in [1.54, 1.807) is 0 Å². The van der Waals surface area contributed by atoms with Crippen LogP contribution in [0, 0.1) is 0 Å². The Morgan fingerprint density at radius 2 is 1.75 bits per heavy atom. The summed E-state index contributed by atoms with van der Waals surface area (Å²) in [4.78, 5) is 25.3. The average Bonchev–Trinajstić information content (AvgIpc) is 2.37. The number of carbonyl (C=O) groups is 2. The van der Waals surface area contributed by atoms with Crippen molar-refractivity contribution in [3.8, 4) is 0 Å². The van der Waals surface area contributed by atoms with Crippen molar-refractivity contribution in [3.63, 3.8) is 0 Å². The van der Waals surface area contributed by atoms with Gasteiger partial charge < -0.3 is 15.0 Å². The Labute approximate surface area is 122 Å². The van der Waals surface area contributed by atoms with Gasteiger partial charge in [-0.3, -0.25) is 4.79 Å². The van der Waals surface area contributed by atoms with Crippen LogP contribution >= 0.6 is 0 Å². The lowest BCUT2D eigenvalue weighted by atomic mass is 10.1. The van der Waals surface area contributed by atoms with Crippen LogP contribution in [-0.4, -0.2) is 42.1 Å². The number of amides is 2. The molecule has 0 aromatic rings. The Bertz CT molecular complexity index is 318. The zero-order valence-corrected chi connectivity index (χ0v) is 13.0. The van der Waals surface area contributed by atoms with E-state index in [2.05, 4.69) is 5.32 Å². The van der Waals surface area contributed by atoms with Gasteiger partial charge in [-0.1, -0.05) is 0 Å². The molecule has 1 saturated heterocycles. The smallest absolute Gasteiger partial charge is 0.407 e. The highest BCUT2D eigenvalue weighted by molar-refractivity contribution is 5.76. The van der Waals surface area contributed by atoms with E-state index in [1.807, 2.05) is 25.7 Å². The highest BCUT2D eigenvalue weighted by Gasteiger charge is 2.17. The van der Waals surface area contributed by atoms with Crippen LogP contribution in [0.4, 0.5) is 4.79 Å². The van der Waals surface area contributed by atoms with E-state index in [4.69, 9.17) is 4.74 Å². The van der Waals surface area contributed by atoms with Gasteiger partial charge in [0, 0.05) is 26.1 Å². The fourth-order valence-corrected chi connectivity index (χ4v) is 2.21. The lowest BCUT2D eigenvalue weighted by molar-refractivity contribution is -0.132. The molecule has 0 saturated carbocycles. The number of unbranched alkanes of at least 4 members (excludes halogenated alkanes) is 1. The van der Waals surface area contributed by atoms with Gasteiger partial charge in [-0.25, -0.2) is 4.79 Å². The molecule has 1 fully saturated rings. The molecular formula is C15H28N2O3. The first-order valence-electron chi connectivity index (χ1n) is 7.63. The number of carbonyl (C=O) groups excluding carboxylic acids is 2. The molecule has 0 aromatic carbocycles. The molecule has 0 radical (unpaired) electrons. The quantitative estimate of drug-likeness (QED) is 0.790. The van der Waals surface area contributed by atoms with Crippen molar-refractivity contribution < 1.29 is 14.3 Å². The van der Waals surface area contributed by atoms with Gasteiger partial charge >= 0.3 is 6.09 Å². The second-order valence-electron chi connectivity index (χ2n) is 6.33. The van der Waals surface area contributed by atoms with Gasteiger partial charge in [0.1, 0.15) is 5.60 Å². The first kappa shape index (κ1) is 16.8. The Kier molecular flexibility index (Phi) is 6.82. The molecule has 1 heterocycles. The highest BCUT2D eigenvalue weighted by atomic mass is 16.6. The summed E-state index contributed by atoms with van der Waals surface area (Å²) < 4.78 is 5.14. The van der Waals surface area contributed by atoms with Crippen LogP contribution in [0.15, 0.2) is 0 Å². The second kappa shape index (κ2) is 8.12. The van der Waals surface area contributed by atoms with Crippen molar-refractivity contribution in [2.45, 2.75) is 64.9 Å². The van der Waals surface area contributed by atoms with Crippen molar-refractivity contribution in [1.29, 1.82) is 0 Å². The third-order valence-electron chi connectivity index (χ3n) is 3.19. The summed E-state index contributed by atoms with van der Waals surface area (Å²) in [6, 6.07) is 0. The molecule has 1 N–H and O–H groups in total. The van der Waals surface area contributed by atoms with E-state index < -0.39 is 5.60 Å². The van der Waals surface area contributed by atoms with Gasteiger partial charge in [-0.05, 0) is 52.9 Å². The first-order chi connectivity index (χ1) is 9.38. The van der Waals surface area contributed by atoms with Crippen molar-refractivity contribution in [2.24, 2.45) is 0 Å². The van der Waals surface area contributed by atoms with Crippen LogP contribution in [0.2, 0.25) is 0 Å². The third kappa shape index (κ3) is 7.36. The number of rotatable bonds is 5. The largest absolute Gasteiger partial charge is 0.444 e. The Morgan fingerprint density at radius 1 is 1.10 bits per heavy atom. The molecule has 0 aliphatic carbocycles. The fraction of sp³-hybridized carbons (Fsp3) is 0.867. The molecule has 5 heteroatoms. The zero-order valence-electron chi connectivity index (χ0n) is 13.0. The van der Waals surface area contributed by atoms with Gasteiger partial charge in [0.25, 0.3) is 0 Å². The van der Waals surface area contributed by atoms with Crippen molar-refractivity contribution in [3.05, 3.63) is 0 Å². The predicted octanol–water partition coefficient (Wildman–Crippen LogP) is 2.69. The van der Waals surface area contributed by atoms with E-state index >= 15 is 0 Å². The van der Waals surface area contributed by atoms with Gasteiger partial charge in [0.15, 0.2) is 0 Å². The number of nitrogens with one attached hydrogen (secondary N) is 1. The van der Waals surface area contributed by atoms with E-state index in [-0.39, 0.29) is 12.0 Å². The molecule has 2 amide bonds. The number of likely N-dealkylation sites (tertiary alicyclic amines) is 1. The summed E-state index contributed by atoms with van der Waals surface area (Å²) in [5.41, 5.74) is -0.464. The number of hydrogen-bond acceptors (Lipinski definition) is 3. The summed E-state index contributed by atoms with van der Waals surface area (Å²) in [6.07, 6.45) is 5.31. The van der Waals surface area contributed by atoms with Crippen molar-refractivity contribution in [2.75, 3.05) is 19.6 Å². The fourth-order valence-electron chi connectivity index (χ4n) is 2.21. The molecule has 1 rings (SSSR count). The number of ether oxygens (including phenoxy) is 1. The normalized spacial score (nSPS) is 15.8. The van der Waals surface area contributed by atoms with E-state index in [1.165, 1.54) is 6.42 Å². The summed E-state index contributed by atoms with van der Waals surface area (Å²) in [5, 5.41) is 2.71. The molecule has 1 aliphatic heterocycles. The molecular weight excluding hydrogens is 256 g/mol. The lowest BCUT2D eigenvalue weighted by Crippen LogP contribution is -2.35. The van der Waals surface area contributed by atoms with Crippen molar-refractivity contribution >= 4 is 12.0 Å². The standard InChI is InChI=1S/C15H28N2O3/c1-15(2,3)20-14(19)16-10-6-5-9-13(18)17-11-7-4-8-12-17/h4-12H2,1-3H3,(H,16,19). The summed E-state index contributed by atoms with van der Waals surface area (Å²) in [7, 11) is 0. The van der Waals surface area contributed by atoms with Crippen LogP contribution in [0.1, 0.15) is 59.3 Å². The maximum absolute atomic E-state index is 11.9. The van der Waals surface area contributed by atoms with E-state index in [0.29, 0.717) is 13.0 Å². The molecule has 0 spiro atoms. The Morgan fingerprint density at radius 3 is 2.35 bits per heavy atom. The molecule has 1 aliphatic rings. The van der Waals surface area contributed by atoms with Crippen LogP contribution in [0.5, 0.6) is 0 Å². The number of alkyl carbamates (subject to hydrolysis) is 1. The van der Waals surface area contributed by atoms with Gasteiger partial charge in [-0.2, -0.15) is 0 Å². The van der Waals surface area contributed by atoms with Crippen LogP contribution < -0.4 is 5.32 Å². The highest BCUT2D eigenvalue weighted by Crippen LogP contribution is 2.11. The maximum atomic E-state index is 11.9. The minimum Gasteiger partial charge on any atom is -0.444 e. The minimum atomic E-state index is -0.464. The summed E-state index contributed by atoms with van der Waals surface area (Å²) in [6.45, 7) is 7.89. The number of nitrogens with zero attached hydrogens (tertiary/aromatic N) is 1. The topological polar surface area (TPSA) is 58.6 Å². The minimum absolute atomic E-state index is 0.252. The monoisotopic (exact) mass is 284 g/mol. The third-order valence-corrected chi connectivity index (χ3v) is 3.19. The predicted molar refractivity (Wildman–Crippen MR) is 78.5 cm³/mol. The van der Waals surface area contributed by atoms with Crippen LogP contribution in [-0.2, 0) is 9.53 Å². The van der Waals surface area contributed by atoms with Crippen LogP contribution in [0.25, 0.3) is 0 Å². The molecule has 0 bridgehead atoms. The molecule has 0 aromatic heterocycles. The maximum Gasteiger partial charge on any atom is 0.407 e. The molecule has 5 nitrogen and oxygen atoms in total. The molecule has 116 valence electrons. The second-order valence-corrected chi connectivity index (χ2v) is 6.33. The summed E-state index contributed by atoms with van der Waals surface area (Å²) >= 11 is 0. The lowest BCUT2D eigenvalue weighted by Gasteiger charge is -2.26. The molecule has 0 atom stereocenters. The molecule has 20 heavy (non-hydrogen) atoms. The van der Waals surface area contributed by atoms with E-state index in [9.17, 15) is 9.59 Å². The number of piperidine rings is 1. The molecule has 0 unspecified atom stereocenters. The first-order valence-corrected chi connectivity index (χ1v) is 7.63. The van der Waals surface area contributed by atoms with Gasteiger partial charge in [0.05, 0.1) is 0 Å². The average molecular weight is 284 g/mol. The Balaban J connectivity index is 2.04. The SMILES string of the molecule is CC(C)(C)OC(=O)NCCCCC(=O)N1CCCCC1. The Hall–Kier alpha value is -1.26. The number of hydrogen-bond donors (Lipinski definition) is 1.